The fourth-order valence-corrected chi connectivity index (χ4v) is 2.99. The molecule has 0 saturated carbocycles. The van der Waals surface area contributed by atoms with Gasteiger partial charge in [-0.3, -0.25) is 0 Å². The van der Waals surface area contributed by atoms with E-state index >= 15 is 0 Å². The number of halogens is 1. The highest BCUT2D eigenvalue weighted by atomic mass is 79.9. The lowest BCUT2D eigenvalue weighted by Crippen LogP contribution is -2.27. The molecule has 1 fully saturated rings. The molecule has 0 amide bonds. The minimum atomic E-state index is 0.343. The molecule has 0 spiro atoms. The number of aromatic nitrogens is 2. The van der Waals surface area contributed by atoms with Crippen LogP contribution in [-0.4, -0.2) is 23.6 Å². The number of H-pyrrole nitrogens is 1. The number of hydrogen-bond donors (Lipinski definition) is 2. The van der Waals surface area contributed by atoms with Gasteiger partial charge < -0.3 is 15.0 Å². The minimum absolute atomic E-state index is 0.343. The van der Waals surface area contributed by atoms with Crippen molar-refractivity contribution in [3.05, 3.63) is 34.7 Å². The van der Waals surface area contributed by atoms with E-state index in [9.17, 15) is 0 Å². The van der Waals surface area contributed by atoms with Crippen LogP contribution < -0.4 is 10.1 Å². The summed E-state index contributed by atoms with van der Waals surface area (Å²) in [6.45, 7) is 1.07. The van der Waals surface area contributed by atoms with Crippen LogP contribution >= 0.6 is 15.9 Å². The zero-order valence-electron chi connectivity index (χ0n) is 11.4. The van der Waals surface area contributed by atoms with Crippen LogP contribution in [0.4, 0.5) is 0 Å². The SMILES string of the molecule is COc1ccc(Br)cc1-c1cnc(C2CCCCN2)[nH]1. The van der Waals surface area contributed by atoms with E-state index in [4.69, 9.17) is 4.74 Å². The molecule has 0 bridgehead atoms. The number of benzene rings is 1. The number of hydrogen-bond acceptors (Lipinski definition) is 3. The van der Waals surface area contributed by atoms with Crippen LogP contribution in [0, 0.1) is 0 Å². The van der Waals surface area contributed by atoms with Gasteiger partial charge in [0.2, 0.25) is 0 Å². The summed E-state index contributed by atoms with van der Waals surface area (Å²) in [5.41, 5.74) is 2.02. The molecule has 2 heterocycles. The Morgan fingerprint density at radius 1 is 1.35 bits per heavy atom. The van der Waals surface area contributed by atoms with Gasteiger partial charge in [0, 0.05) is 10.0 Å². The number of piperidine rings is 1. The molecular weight excluding hydrogens is 318 g/mol. The van der Waals surface area contributed by atoms with E-state index in [0.29, 0.717) is 6.04 Å². The molecule has 106 valence electrons. The molecule has 5 heteroatoms. The molecule has 1 unspecified atom stereocenters. The van der Waals surface area contributed by atoms with E-state index in [2.05, 4.69) is 31.2 Å². The zero-order chi connectivity index (χ0) is 13.9. The summed E-state index contributed by atoms with van der Waals surface area (Å²) in [5.74, 6) is 1.86. The highest BCUT2D eigenvalue weighted by Gasteiger charge is 2.18. The Morgan fingerprint density at radius 2 is 2.25 bits per heavy atom. The minimum Gasteiger partial charge on any atom is -0.496 e. The molecule has 2 aromatic rings. The van der Waals surface area contributed by atoms with Crippen LogP contribution in [0.1, 0.15) is 31.1 Å². The van der Waals surface area contributed by atoms with Gasteiger partial charge in [-0.05, 0) is 37.6 Å². The van der Waals surface area contributed by atoms with Crippen LogP contribution in [0.25, 0.3) is 11.3 Å². The summed E-state index contributed by atoms with van der Waals surface area (Å²) in [5, 5.41) is 3.51. The molecule has 1 atom stereocenters. The summed E-state index contributed by atoms with van der Waals surface area (Å²) in [6.07, 6.45) is 5.54. The van der Waals surface area contributed by atoms with Crippen LogP contribution in [0.5, 0.6) is 5.75 Å². The molecule has 1 aliphatic rings. The van der Waals surface area contributed by atoms with Gasteiger partial charge in [-0.1, -0.05) is 22.4 Å². The average molecular weight is 336 g/mol. The molecule has 4 nitrogen and oxygen atoms in total. The third-order valence-electron chi connectivity index (χ3n) is 3.69. The second-order valence-corrected chi connectivity index (χ2v) is 5.94. The van der Waals surface area contributed by atoms with Crippen molar-refractivity contribution in [2.24, 2.45) is 0 Å². The van der Waals surface area contributed by atoms with Crippen LogP contribution in [0.2, 0.25) is 0 Å². The number of nitrogens with zero attached hydrogens (tertiary/aromatic N) is 1. The van der Waals surface area contributed by atoms with Crippen LogP contribution in [-0.2, 0) is 0 Å². The van der Waals surface area contributed by atoms with Crippen molar-refractivity contribution in [3.8, 4) is 17.0 Å². The van der Waals surface area contributed by atoms with Crippen LogP contribution in [0.15, 0.2) is 28.9 Å². The lowest BCUT2D eigenvalue weighted by Gasteiger charge is -2.21. The quantitative estimate of drug-likeness (QED) is 0.899. The van der Waals surface area contributed by atoms with Crippen molar-refractivity contribution in [3.63, 3.8) is 0 Å². The van der Waals surface area contributed by atoms with Crippen molar-refractivity contribution in [2.75, 3.05) is 13.7 Å². The van der Waals surface area contributed by atoms with Gasteiger partial charge >= 0.3 is 0 Å². The van der Waals surface area contributed by atoms with Crippen molar-refractivity contribution in [1.29, 1.82) is 0 Å². The van der Waals surface area contributed by atoms with E-state index in [-0.39, 0.29) is 0 Å². The van der Waals surface area contributed by atoms with Gasteiger partial charge in [0.1, 0.15) is 11.6 Å². The lowest BCUT2D eigenvalue weighted by molar-refractivity contribution is 0.399. The first kappa shape index (κ1) is 13.6. The number of ether oxygens (including phenoxy) is 1. The van der Waals surface area contributed by atoms with E-state index < -0.39 is 0 Å². The van der Waals surface area contributed by atoms with E-state index in [1.165, 1.54) is 12.8 Å². The summed E-state index contributed by atoms with van der Waals surface area (Å²) in [7, 11) is 1.69. The van der Waals surface area contributed by atoms with Crippen molar-refractivity contribution in [2.45, 2.75) is 25.3 Å². The Labute approximate surface area is 127 Å². The molecule has 1 aliphatic heterocycles. The predicted octanol–water partition coefficient (Wildman–Crippen LogP) is 3.66. The molecule has 20 heavy (non-hydrogen) atoms. The van der Waals surface area contributed by atoms with E-state index in [0.717, 1.165) is 40.3 Å². The maximum absolute atomic E-state index is 5.43. The number of methoxy groups -OCH3 is 1. The lowest BCUT2D eigenvalue weighted by atomic mass is 10.0. The van der Waals surface area contributed by atoms with Crippen LogP contribution in [0.3, 0.4) is 0 Å². The smallest absolute Gasteiger partial charge is 0.128 e. The first-order valence-corrected chi connectivity index (χ1v) is 7.69. The molecule has 1 aromatic heterocycles. The molecule has 1 aromatic carbocycles. The van der Waals surface area contributed by atoms with Gasteiger partial charge in [-0.15, -0.1) is 0 Å². The molecule has 0 radical (unpaired) electrons. The number of aromatic amines is 1. The summed E-state index contributed by atoms with van der Waals surface area (Å²) >= 11 is 3.50. The Bertz CT molecular complexity index is 591. The Morgan fingerprint density at radius 3 is 3.00 bits per heavy atom. The molecule has 3 rings (SSSR count). The summed E-state index contributed by atoms with van der Waals surface area (Å²) in [6, 6.07) is 6.32. The van der Waals surface area contributed by atoms with Gasteiger partial charge in [-0.25, -0.2) is 4.98 Å². The van der Waals surface area contributed by atoms with Gasteiger partial charge in [0.15, 0.2) is 0 Å². The number of rotatable bonds is 3. The second-order valence-electron chi connectivity index (χ2n) is 5.03. The largest absolute Gasteiger partial charge is 0.496 e. The topological polar surface area (TPSA) is 49.9 Å². The molecular formula is C15H18BrN3O. The molecule has 1 saturated heterocycles. The van der Waals surface area contributed by atoms with Gasteiger partial charge in [0.05, 0.1) is 25.0 Å². The highest BCUT2D eigenvalue weighted by Crippen LogP contribution is 2.32. The third kappa shape index (κ3) is 2.74. The van der Waals surface area contributed by atoms with Gasteiger partial charge in [0.25, 0.3) is 0 Å². The second kappa shape index (κ2) is 5.97. The molecule has 0 aliphatic carbocycles. The van der Waals surface area contributed by atoms with E-state index in [1.54, 1.807) is 7.11 Å². The van der Waals surface area contributed by atoms with Crippen molar-refractivity contribution < 1.29 is 4.74 Å². The third-order valence-corrected chi connectivity index (χ3v) is 4.18. The Balaban J connectivity index is 1.91. The number of nitrogens with one attached hydrogen (secondary N) is 2. The monoisotopic (exact) mass is 335 g/mol. The number of imidazole rings is 1. The molecule has 2 N–H and O–H groups in total. The fraction of sp³-hybridized carbons (Fsp3) is 0.400. The van der Waals surface area contributed by atoms with Crippen molar-refractivity contribution in [1.82, 2.24) is 15.3 Å². The zero-order valence-corrected chi connectivity index (χ0v) is 13.0. The summed E-state index contributed by atoms with van der Waals surface area (Å²) < 4.78 is 6.45. The van der Waals surface area contributed by atoms with E-state index in [1.807, 2.05) is 24.4 Å². The summed E-state index contributed by atoms with van der Waals surface area (Å²) in [4.78, 5) is 7.96. The maximum atomic E-state index is 5.43. The van der Waals surface area contributed by atoms with Gasteiger partial charge in [-0.2, -0.15) is 0 Å². The maximum Gasteiger partial charge on any atom is 0.128 e. The normalized spacial score (nSPS) is 19.0. The first-order chi connectivity index (χ1) is 9.78. The Kier molecular flexibility index (Phi) is 4.08. The fourth-order valence-electron chi connectivity index (χ4n) is 2.63. The standard InChI is InChI=1S/C15H18BrN3O/c1-20-14-6-5-10(16)8-11(14)13-9-18-15(19-13)12-4-2-3-7-17-12/h5-6,8-9,12,17H,2-4,7H2,1H3,(H,18,19). The highest BCUT2D eigenvalue weighted by molar-refractivity contribution is 9.10. The first-order valence-electron chi connectivity index (χ1n) is 6.90. The Hall–Kier alpha value is -1.33. The average Bonchev–Trinajstić information content (AvgIpc) is 2.98. The van der Waals surface area contributed by atoms with Crippen molar-refractivity contribution >= 4 is 15.9 Å². The predicted molar refractivity (Wildman–Crippen MR) is 82.9 cm³/mol.